The molecule has 0 radical (unpaired) electrons. The van der Waals surface area contributed by atoms with Gasteiger partial charge in [-0.05, 0) is 12.8 Å². The highest BCUT2D eigenvalue weighted by molar-refractivity contribution is 5.84. The van der Waals surface area contributed by atoms with Gasteiger partial charge in [-0.1, -0.05) is 13.3 Å². The summed E-state index contributed by atoms with van der Waals surface area (Å²) in [5.74, 6) is 0.407. The van der Waals surface area contributed by atoms with Gasteiger partial charge in [0.1, 0.15) is 0 Å². The van der Waals surface area contributed by atoms with Crippen LogP contribution in [0.1, 0.15) is 26.2 Å². The van der Waals surface area contributed by atoms with E-state index in [0.29, 0.717) is 12.0 Å². The van der Waals surface area contributed by atoms with Gasteiger partial charge in [-0.3, -0.25) is 15.3 Å². The Balaban J connectivity index is 1.81. The van der Waals surface area contributed by atoms with Crippen LogP contribution >= 0.6 is 0 Å². The normalized spacial score (nSPS) is 35.1. The molecule has 3 nitrogen and oxygen atoms in total. The summed E-state index contributed by atoms with van der Waals surface area (Å²) in [6, 6.07) is 0.665. The van der Waals surface area contributed by atoms with Crippen molar-refractivity contribution in [3.63, 3.8) is 0 Å². The lowest BCUT2D eigenvalue weighted by atomic mass is 9.93. The highest BCUT2D eigenvalue weighted by Crippen LogP contribution is 2.19. The molecular formula is C9H15N3. The molecule has 3 heteroatoms. The quantitative estimate of drug-likeness (QED) is 0.656. The minimum atomic E-state index is 0.00602. The van der Waals surface area contributed by atoms with Gasteiger partial charge in [0.15, 0.2) is 6.29 Å². The van der Waals surface area contributed by atoms with Crippen molar-refractivity contribution in [3.8, 4) is 0 Å². The monoisotopic (exact) mass is 165 g/mol. The van der Waals surface area contributed by atoms with Gasteiger partial charge in [0.05, 0.1) is 0 Å². The summed E-state index contributed by atoms with van der Waals surface area (Å²) in [6.45, 7) is 2.09. The lowest BCUT2D eigenvalue weighted by molar-refractivity contribution is 0.309. The van der Waals surface area contributed by atoms with Gasteiger partial charge in [0.2, 0.25) is 0 Å². The molecule has 12 heavy (non-hydrogen) atoms. The zero-order valence-corrected chi connectivity index (χ0v) is 7.40. The Morgan fingerprint density at radius 1 is 1.25 bits per heavy atom. The van der Waals surface area contributed by atoms with Crippen molar-refractivity contribution in [3.05, 3.63) is 0 Å². The molecule has 0 aromatic carbocycles. The van der Waals surface area contributed by atoms with E-state index < -0.39 is 0 Å². The number of hydrogen-bond donors (Lipinski definition) is 1. The first-order valence-electron chi connectivity index (χ1n) is 4.67. The van der Waals surface area contributed by atoms with Gasteiger partial charge in [-0.15, -0.1) is 0 Å². The maximum Gasteiger partial charge on any atom is 0.193 e. The van der Waals surface area contributed by atoms with E-state index in [1.165, 1.54) is 19.3 Å². The first-order chi connectivity index (χ1) is 5.84. The number of aliphatic imine (C=N–C) groups is 2. The van der Waals surface area contributed by atoms with Crippen LogP contribution in [0.15, 0.2) is 9.98 Å². The van der Waals surface area contributed by atoms with Crippen molar-refractivity contribution < 1.29 is 0 Å². The summed E-state index contributed by atoms with van der Waals surface area (Å²) >= 11 is 0. The zero-order chi connectivity index (χ0) is 8.39. The molecule has 0 amide bonds. The first-order valence-corrected chi connectivity index (χ1v) is 4.67. The van der Waals surface area contributed by atoms with E-state index in [-0.39, 0.29) is 6.29 Å². The third kappa shape index (κ3) is 1.72. The third-order valence-electron chi connectivity index (χ3n) is 2.41. The molecule has 0 aromatic heterocycles. The Morgan fingerprint density at radius 3 is 2.42 bits per heavy atom. The van der Waals surface area contributed by atoms with Crippen LogP contribution in [0.2, 0.25) is 0 Å². The molecule has 1 aliphatic carbocycles. The van der Waals surface area contributed by atoms with Crippen LogP contribution in [0, 0.1) is 5.92 Å². The molecule has 0 aromatic rings. The number of rotatable bonds is 2. The lowest BCUT2D eigenvalue weighted by Gasteiger charge is -2.29. The Morgan fingerprint density at radius 2 is 1.92 bits per heavy atom. The molecule has 2 aliphatic rings. The summed E-state index contributed by atoms with van der Waals surface area (Å²) in [4.78, 5) is 8.60. The van der Waals surface area contributed by atoms with Gasteiger partial charge in [-0.2, -0.15) is 0 Å². The second-order valence-electron chi connectivity index (χ2n) is 3.62. The van der Waals surface area contributed by atoms with Crippen LogP contribution in [0.3, 0.4) is 0 Å². The molecule has 1 fully saturated rings. The van der Waals surface area contributed by atoms with E-state index in [9.17, 15) is 0 Å². The molecule has 0 saturated heterocycles. The van der Waals surface area contributed by atoms with Gasteiger partial charge in [-0.25, -0.2) is 0 Å². The maximum atomic E-state index is 4.30. The standard InChI is InChI=1S/C9H15N3/c1-7-5-10-9(11-6-7)12-8-3-2-4-8/h5-9,12H,2-4H2,1H3. The predicted octanol–water partition coefficient (Wildman–Crippen LogP) is 1.20. The summed E-state index contributed by atoms with van der Waals surface area (Å²) in [7, 11) is 0. The number of hydrogen-bond acceptors (Lipinski definition) is 3. The molecule has 0 bridgehead atoms. The molecule has 1 aliphatic heterocycles. The Hall–Kier alpha value is -0.700. The molecular weight excluding hydrogens is 150 g/mol. The highest BCUT2D eigenvalue weighted by atomic mass is 15.2. The molecule has 2 rings (SSSR count). The average molecular weight is 165 g/mol. The SMILES string of the molecule is CC1C=NC(NC2CCC2)N=C1. The minimum Gasteiger partial charge on any atom is -0.274 e. The molecule has 0 atom stereocenters. The molecule has 1 heterocycles. The van der Waals surface area contributed by atoms with E-state index in [1.807, 2.05) is 12.4 Å². The van der Waals surface area contributed by atoms with Crippen molar-refractivity contribution in [1.82, 2.24) is 5.32 Å². The number of nitrogens with zero attached hydrogens (tertiary/aromatic N) is 2. The van der Waals surface area contributed by atoms with Crippen LogP contribution in [-0.2, 0) is 0 Å². The summed E-state index contributed by atoms with van der Waals surface area (Å²) in [6.07, 6.45) is 7.86. The second kappa shape index (κ2) is 3.35. The van der Waals surface area contributed by atoms with Gasteiger partial charge >= 0.3 is 0 Å². The van der Waals surface area contributed by atoms with Crippen LogP contribution in [-0.4, -0.2) is 24.8 Å². The first kappa shape index (κ1) is 7.92. The van der Waals surface area contributed by atoms with E-state index >= 15 is 0 Å². The topological polar surface area (TPSA) is 36.8 Å². The maximum absolute atomic E-state index is 4.30. The Labute approximate surface area is 73.0 Å². The molecule has 1 saturated carbocycles. The Kier molecular flexibility index (Phi) is 2.21. The van der Waals surface area contributed by atoms with E-state index in [4.69, 9.17) is 0 Å². The average Bonchev–Trinajstić information content (AvgIpc) is 2.00. The van der Waals surface area contributed by atoms with Crippen molar-refractivity contribution in [2.24, 2.45) is 15.9 Å². The van der Waals surface area contributed by atoms with E-state index in [2.05, 4.69) is 22.2 Å². The second-order valence-corrected chi connectivity index (χ2v) is 3.62. The fourth-order valence-electron chi connectivity index (χ4n) is 1.38. The van der Waals surface area contributed by atoms with Crippen molar-refractivity contribution >= 4 is 12.4 Å². The van der Waals surface area contributed by atoms with Crippen LogP contribution in [0.25, 0.3) is 0 Å². The largest absolute Gasteiger partial charge is 0.274 e. The summed E-state index contributed by atoms with van der Waals surface area (Å²) in [5, 5.41) is 3.38. The predicted molar refractivity (Wildman–Crippen MR) is 50.7 cm³/mol. The fourth-order valence-corrected chi connectivity index (χ4v) is 1.38. The molecule has 0 unspecified atom stereocenters. The van der Waals surface area contributed by atoms with Gasteiger partial charge in [0.25, 0.3) is 0 Å². The molecule has 1 N–H and O–H groups in total. The third-order valence-corrected chi connectivity index (χ3v) is 2.41. The lowest BCUT2D eigenvalue weighted by Crippen LogP contribution is -2.41. The van der Waals surface area contributed by atoms with Gasteiger partial charge in [0, 0.05) is 24.4 Å². The zero-order valence-electron chi connectivity index (χ0n) is 7.40. The van der Waals surface area contributed by atoms with Crippen LogP contribution in [0.4, 0.5) is 0 Å². The van der Waals surface area contributed by atoms with Crippen LogP contribution in [0.5, 0.6) is 0 Å². The highest BCUT2D eigenvalue weighted by Gasteiger charge is 2.20. The van der Waals surface area contributed by atoms with Gasteiger partial charge < -0.3 is 0 Å². The summed E-state index contributed by atoms with van der Waals surface area (Å²) < 4.78 is 0. The van der Waals surface area contributed by atoms with Crippen molar-refractivity contribution in [1.29, 1.82) is 0 Å². The summed E-state index contributed by atoms with van der Waals surface area (Å²) in [5.41, 5.74) is 0. The van der Waals surface area contributed by atoms with Crippen molar-refractivity contribution in [2.75, 3.05) is 0 Å². The Bertz CT molecular complexity index is 192. The minimum absolute atomic E-state index is 0.00602. The molecule has 66 valence electrons. The number of nitrogens with one attached hydrogen (secondary N) is 1. The van der Waals surface area contributed by atoms with Crippen molar-refractivity contribution in [2.45, 2.75) is 38.5 Å². The van der Waals surface area contributed by atoms with E-state index in [0.717, 1.165) is 0 Å². The smallest absolute Gasteiger partial charge is 0.193 e. The van der Waals surface area contributed by atoms with Crippen LogP contribution < -0.4 is 5.32 Å². The fraction of sp³-hybridized carbons (Fsp3) is 0.778. The van der Waals surface area contributed by atoms with E-state index in [1.54, 1.807) is 0 Å². The molecule has 0 spiro atoms.